The standard InChI is InChI=1S/C25H30N.C25H24N.2C24H30N/c1-16-14-21(20-10-6-7-11-20)15-24(17(16)2)25-23-13-9-8-12-22(23)18(3)19(4)26(25)5;1-17-14-15-21(20-10-6-5-7-11-20)16-24(17)25-23-13-9-8-12-22(23)18(2)19(3)26(25)4;1-15-13-19(24(5,6)7)14-22(16(15)2)23-21-12-10-9-11-20(21)17(3)18(4)25(23)8;1-15(2)19-12-22(16(3)4)18(6)23(13-19)24-21-11-9-8-10-20(21)17(5)14-25(24)7/h8-9,12-15,20H,6-7,10-11H2,1-5H3;5-16H,1-4H3;9-14H,1-8H3;8-16H,1-7H3/q4*+1/i;;;14D. The maximum absolute atomic E-state index is 8.63. The number of rotatable bonds is 8. The average molecular weight is 1350 g/mol. The Hall–Kier alpha value is -9.38. The number of aromatic nitrogens is 4. The predicted octanol–water partition coefficient (Wildman–Crippen LogP) is 24.2. The molecule has 4 aromatic heterocycles. The van der Waals surface area contributed by atoms with Crippen molar-refractivity contribution in [2.24, 2.45) is 28.2 Å². The Labute approximate surface area is 613 Å². The van der Waals surface area contributed by atoms with Gasteiger partial charge in [-0.15, -0.1) is 0 Å². The Bertz CT molecular complexity index is 5400. The zero-order valence-corrected chi connectivity index (χ0v) is 66.2. The molecule has 0 saturated heterocycles. The van der Waals surface area contributed by atoms with Crippen LogP contribution in [0.25, 0.3) is 99.2 Å². The van der Waals surface area contributed by atoms with E-state index in [1.807, 2.05) is 18.5 Å². The normalized spacial score (nSPS) is 12.6. The van der Waals surface area contributed by atoms with Crippen molar-refractivity contribution in [1.29, 1.82) is 0 Å². The summed E-state index contributed by atoms with van der Waals surface area (Å²) in [6.45, 7) is 44.8. The molecule has 0 atom stereocenters. The van der Waals surface area contributed by atoms with E-state index in [2.05, 4.69) is 348 Å². The van der Waals surface area contributed by atoms with Crippen molar-refractivity contribution in [3.63, 3.8) is 0 Å². The highest BCUT2D eigenvalue weighted by molar-refractivity contribution is 5.99. The van der Waals surface area contributed by atoms with Crippen molar-refractivity contribution in [1.82, 2.24) is 0 Å². The SMILES string of the molecule is Cc1cc(C(C)(C)C)cc(-c2c3ccccc3c(C)c(C)[n+]2C)c1C.Cc1cc(C2CCCC2)cc(-c2c3ccccc3c(C)c(C)[n+]2C)c1C.Cc1ccc(-c2ccccc2)cc1-c1c2ccccc2c(C)c(C)[n+]1C.[2H]c1c(C)c2ccccc2c(-c2cc(C(C)C)cc(C(C)C)c2C)[n+]1C. The van der Waals surface area contributed by atoms with Crippen LogP contribution in [0.5, 0.6) is 0 Å². The highest BCUT2D eigenvalue weighted by atomic mass is 15.0. The van der Waals surface area contributed by atoms with Gasteiger partial charge in [-0.1, -0.05) is 195 Å². The molecule has 0 bridgehead atoms. The minimum absolute atomic E-state index is 0.140. The Kier molecular flexibility index (Phi) is 21.5. The summed E-state index contributed by atoms with van der Waals surface area (Å²) in [5, 5.41) is 10.5. The highest BCUT2D eigenvalue weighted by Crippen LogP contribution is 2.42. The molecule has 1 saturated carbocycles. The molecule has 9 aromatic carbocycles. The summed E-state index contributed by atoms with van der Waals surface area (Å²) in [5.41, 5.74) is 36.1. The first kappa shape index (κ1) is 72.4. The van der Waals surface area contributed by atoms with Gasteiger partial charge in [0.05, 0.1) is 43.8 Å². The van der Waals surface area contributed by atoms with E-state index in [1.165, 1.54) is 203 Å². The van der Waals surface area contributed by atoms with Gasteiger partial charge in [0.25, 0.3) is 0 Å². The molecule has 0 amide bonds. The molecular formula is C98H114N4+4. The Morgan fingerprint density at radius 2 is 0.765 bits per heavy atom. The van der Waals surface area contributed by atoms with E-state index in [-0.39, 0.29) is 5.41 Å². The van der Waals surface area contributed by atoms with E-state index < -0.39 is 0 Å². The van der Waals surface area contributed by atoms with Crippen LogP contribution in [0.2, 0.25) is 0 Å². The monoisotopic (exact) mass is 1350 g/mol. The minimum Gasteiger partial charge on any atom is -0.200 e. The Morgan fingerprint density at radius 3 is 1.23 bits per heavy atom. The van der Waals surface area contributed by atoms with E-state index in [1.54, 1.807) is 5.56 Å². The molecule has 1 fully saturated rings. The maximum Gasteiger partial charge on any atom is 0.220 e. The van der Waals surface area contributed by atoms with E-state index in [4.69, 9.17) is 1.37 Å². The first-order valence-corrected chi connectivity index (χ1v) is 37.5. The van der Waals surface area contributed by atoms with Gasteiger partial charge in [0.15, 0.2) is 23.3 Å². The fourth-order valence-corrected chi connectivity index (χ4v) is 16.1. The summed E-state index contributed by atoms with van der Waals surface area (Å²) >= 11 is 0. The van der Waals surface area contributed by atoms with Crippen molar-refractivity contribution in [2.75, 3.05) is 0 Å². The Morgan fingerprint density at radius 1 is 0.353 bits per heavy atom. The predicted molar refractivity (Wildman–Crippen MR) is 437 cm³/mol. The van der Waals surface area contributed by atoms with Gasteiger partial charge in [-0.25, -0.2) is 4.57 Å². The molecule has 4 heterocycles. The molecule has 4 nitrogen and oxygen atoms in total. The number of hydrogen-bond acceptors (Lipinski definition) is 0. The van der Waals surface area contributed by atoms with Crippen molar-refractivity contribution in [3.05, 3.63) is 283 Å². The third kappa shape index (κ3) is 14.4. The molecule has 522 valence electrons. The molecule has 0 radical (unpaired) electrons. The minimum atomic E-state index is 0.140. The molecule has 0 aliphatic heterocycles. The first-order chi connectivity index (χ1) is 48.9. The second-order valence-electron chi connectivity index (χ2n) is 31.4. The molecule has 1 aliphatic rings. The molecule has 0 unspecified atom stereocenters. The van der Waals surface area contributed by atoms with Crippen LogP contribution >= 0.6 is 0 Å². The van der Waals surface area contributed by atoms with Crippen LogP contribution in [0.4, 0.5) is 0 Å². The molecule has 13 aromatic rings. The van der Waals surface area contributed by atoms with Gasteiger partial charge in [0, 0.05) is 43.0 Å². The smallest absolute Gasteiger partial charge is 0.200 e. The van der Waals surface area contributed by atoms with Crippen molar-refractivity contribution in [3.8, 4) is 56.2 Å². The summed E-state index contributed by atoms with van der Waals surface area (Å²) in [4.78, 5) is 0. The van der Waals surface area contributed by atoms with Gasteiger partial charge in [0.2, 0.25) is 22.8 Å². The number of aryl methyl sites for hydroxylation is 7. The number of nitrogens with zero attached hydrogens (tertiary/aromatic N) is 4. The van der Waals surface area contributed by atoms with Crippen LogP contribution in [-0.4, -0.2) is 0 Å². The molecule has 14 rings (SSSR count). The third-order valence-corrected chi connectivity index (χ3v) is 23.3. The largest absolute Gasteiger partial charge is 0.220 e. The fourth-order valence-electron chi connectivity index (χ4n) is 16.1. The van der Waals surface area contributed by atoms with Gasteiger partial charge >= 0.3 is 0 Å². The second-order valence-corrected chi connectivity index (χ2v) is 31.4. The van der Waals surface area contributed by atoms with E-state index in [0.717, 1.165) is 17.2 Å². The van der Waals surface area contributed by atoms with Crippen LogP contribution in [0.15, 0.2) is 188 Å². The number of hydrogen-bond donors (Lipinski definition) is 0. The quantitative estimate of drug-likeness (QED) is 0.135. The summed E-state index contributed by atoms with van der Waals surface area (Å²) in [7, 11) is 8.62. The summed E-state index contributed by atoms with van der Waals surface area (Å²) < 4.78 is 17.8. The summed E-state index contributed by atoms with van der Waals surface area (Å²) in [6.07, 6.45) is 6.04. The van der Waals surface area contributed by atoms with Crippen molar-refractivity contribution >= 4 is 43.1 Å². The summed E-state index contributed by atoms with van der Waals surface area (Å²) in [6, 6.07) is 66.7. The zero-order valence-electron chi connectivity index (χ0n) is 67.2. The first-order valence-electron chi connectivity index (χ1n) is 38.0. The lowest BCUT2D eigenvalue weighted by molar-refractivity contribution is -0.666. The van der Waals surface area contributed by atoms with Crippen molar-refractivity contribution in [2.45, 2.75) is 187 Å². The van der Waals surface area contributed by atoms with Gasteiger partial charge < -0.3 is 0 Å². The number of benzene rings is 9. The summed E-state index contributed by atoms with van der Waals surface area (Å²) in [5.74, 6) is 1.70. The van der Waals surface area contributed by atoms with Crippen LogP contribution in [0.3, 0.4) is 0 Å². The average Bonchev–Trinajstić information content (AvgIpc) is 0.910. The van der Waals surface area contributed by atoms with Crippen LogP contribution in [0.1, 0.15) is 188 Å². The number of pyridine rings is 4. The second kappa shape index (κ2) is 30.3. The van der Waals surface area contributed by atoms with Crippen molar-refractivity contribution < 1.29 is 19.6 Å². The third-order valence-electron chi connectivity index (χ3n) is 23.3. The van der Waals surface area contributed by atoms with Crippen LogP contribution in [0, 0.1) is 90.0 Å². The lowest BCUT2D eigenvalue weighted by Crippen LogP contribution is -2.36. The Balaban J connectivity index is 0.000000138. The molecule has 0 N–H and O–H groups in total. The molecular weight excluding hydrogens is 1230 g/mol. The lowest BCUT2D eigenvalue weighted by atomic mass is 9.82. The highest BCUT2D eigenvalue weighted by Gasteiger charge is 2.30. The topological polar surface area (TPSA) is 15.5 Å². The van der Waals surface area contributed by atoms with E-state index in [9.17, 15) is 0 Å². The van der Waals surface area contributed by atoms with E-state index in [0.29, 0.717) is 18.0 Å². The van der Waals surface area contributed by atoms with Gasteiger partial charge in [-0.3, -0.25) is 0 Å². The maximum atomic E-state index is 8.63. The molecule has 1 aliphatic carbocycles. The zero-order chi connectivity index (χ0) is 74.4. The van der Waals surface area contributed by atoms with Gasteiger partial charge in [-0.05, 0) is 242 Å². The van der Waals surface area contributed by atoms with Gasteiger partial charge in [-0.2, -0.15) is 13.7 Å². The van der Waals surface area contributed by atoms with Crippen LogP contribution in [-0.2, 0) is 33.6 Å². The molecule has 4 heteroatoms. The lowest BCUT2D eigenvalue weighted by Gasteiger charge is -2.22. The molecule has 0 spiro atoms. The molecule has 102 heavy (non-hydrogen) atoms. The number of fused-ring (bicyclic) bond motifs is 4. The van der Waals surface area contributed by atoms with Crippen LogP contribution < -0.4 is 18.3 Å². The van der Waals surface area contributed by atoms with E-state index >= 15 is 0 Å². The van der Waals surface area contributed by atoms with Gasteiger partial charge in [0.1, 0.15) is 29.6 Å². The fraction of sp³-hybridized carbons (Fsp3) is 0.327.